The van der Waals surface area contributed by atoms with E-state index in [1.807, 2.05) is 53.2 Å². The van der Waals surface area contributed by atoms with E-state index in [4.69, 9.17) is 11.0 Å². The fourth-order valence-corrected chi connectivity index (χ4v) is 2.62. The van der Waals surface area contributed by atoms with Gasteiger partial charge in [-0.25, -0.2) is 4.98 Å². The molecule has 0 spiro atoms. The summed E-state index contributed by atoms with van der Waals surface area (Å²) in [6.07, 6.45) is 5.52. The Kier molecular flexibility index (Phi) is 3.22. The van der Waals surface area contributed by atoms with Crippen LogP contribution in [0.3, 0.4) is 0 Å². The van der Waals surface area contributed by atoms with Gasteiger partial charge >= 0.3 is 0 Å². The number of anilines is 1. The number of aromatic nitrogens is 3. The van der Waals surface area contributed by atoms with E-state index in [-0.39, 0.29) is 0 Å². The lowest BCUT2D eigenvalue weighted by molar-refractivity contribution is 1.13. The Morgan fingerprint density at radius 2 is 1.58 bits per heavy atom. The number of benzene rings is 2. The molecule has 4 aromatic rings. The second kappa shape index (κ2) is 5.52. The van der Waals surface area contributed by atoms with E-state index < -0.39 is 0 Å². The Bertz CT molecular complexity index is 1050. The molecule has 0 saturated carbocycles. The van der Waals surface area contributed by atoms with Crippen molar-refractivity contribution >= 4 is 11.3 Å². The maximum absolute atomic E-state index is 8.91. The quantitative estimate of drug-likeness (QED) is 0.574. The van der Waals surface area contributed by atoms with Crippen molar-refractivity contribution in [3.63, 3.8) is 0 Å². The smallest absolute Gasteiger partial charge is 0.155 e. The Morgan fingerprint density at radius 3 is 2.29 bits per heavy atom. The number of rotatable bonds is 2. The summed E-state index contributed by atoms with van der Waals surface area (Å²) in [5.74, 6) is 0. The first kappa shape index (κ1) is 14.0. The predicted octanol–water partition coefficient (Wildman–Crippen LogP) is 3.52. The molecule has 0 fully saturated rings. The standard InChI is InChI=1S/C19H13N5/c20-9-13-1-3-14(4-2-13)17-12-24-18(10-23-19(24)11-22-17)15-5-7-16(21)8-6-15/h1-8,10-12H,21H2. The summed E-state index contributed by atoms with van der Waals surface area (Å²) in [5, 5.41) is 8.91. The maximum atomic E-state index is 8.91. The van der Waals surface area contributed by atoms with Gasteiger partial charge in [0.2, 0.25) is 0 Å². The van der Waals surface area contributed by atoms with E-state index in [1.54, 1.807) is 18.3 Å². The Balaban J connectivity index is 1.83. The van der Waals surface area contributed by atoms with Gasteiger partial charge in [0.15, 0.2) is 5.65 Å². The molecule has 0 saturated heterocycles. The van der Waals surface area contributed by atoms with Gasteiger partial charge in [-0.2, -0.15) is 5.26 Å². The summed E-state index contributed by atoms with van der Waals surface area (Å²) in [7, 11) is 0. The number of imidazole rings is 1. The Morgan fingerprint density at radius 1 is 0.875 bits per heavy atom. The minimum atomic E-state index is 0.630. The van der Waals surface area contributed by atoms with Gasteiger partial charge < -0.3 is 5.73 Å². The zero-order valence-corrected chi connectivity index (χ0v) is 12.7. The fraction of sp³-hybridized carbons (Fsp3) is 0. The van der Waals surface area contributed by atoms with Crippen molar-refractivity contribution in [2.75, 3.05) is 5.73 Å². The highest BCUT2D eigenvalue weighted by Crippen LogP contribution is 2.24. The first-order chi connectivity index (χ1) is 11.7. The molecule has 0 unspecified atom stereocenters. The van der Waals surface area contributed by atoms with Crippen LogP contribution in [0.2, 0.25) is 0 Å². The zero-order valence-electron chi connectivity index (χ0n) is 12.7. The van der Waals surface area contributed by atoms with Crippen molar-refractivity contribution in [3.8, 4) is 28.6 Å². The van der Waals surface area contributed by atoms with Gasteiger partial charge in [-0.15, -0.1) is 0 Å². The van der Waals surface area contributed by atoms with Crippen LogP contribution >= 0.6 is 0 Å². The van der Waals surface area contributed by atoms with Crippen molar-refractivity contribution in [2.24, 2.45) is 0 Å². The van der Waals surface area contributed by atoms with E-state index >= 15 is 0 Å². The summed E-state index contributed by atoms with van der Waals surface area (Å²) < 4.78 is 2.01. The van der Waals surface area contributed by atoms with Crippen molar-refractivity contribution in [1.82, 2.24) is 14.4 Å². The summed E-state index contributed by atoms with van der Waals surface area (Å²) >= 11 is 0. The van der Waals surface area contributed by atoms with Crippen LogP contribution in [0.5, 0.6) is 0 Å². The third kappa shape index (κ3) is 2.36. The molecule has 2 aromatic heterocycles. The molecule has 114 valence electrons. The van der Waals surface area contributed by atoms with Crippen molar-refractivity contribution < 1.29 is 0 Å². The molecule has 0 radical (unpaired) electrons. The molecule has 24 heavy (non-hydrogen) atoms. The van der Waals surface area contributed by atoms with Crippen LogP contribution < -0.4 is 5.73 Å². The predicted molar refractivity (Wildman–Crippen MR) is 93.0 cm³/mol. The number of nitriles is 1. The minimum absolute atomic E-state index is 0.630. The summed E-state index contributed by atoms with van der Waals surface area (Å²) in [6.45, 7) is 0. The molecule has 5 nitrogen and oxygen atoms in total. The number of hydrogen-bond donors (Lipinski definition) is 1. The molecular weight excluding hydrogens is 298 g/mol. The van der Waals surface area contributed by atoms with Crippen molar-refractivity contribution in [3.05, 3.63) is 72.7 Å². The number of hydrogen-bond acceptors (Lipinski definition) is 4. The number of nitrogens with zero attached hydrogens (tertiary/aromatic N) is 4. The second-order valence-electron chi connectivity index (χ2n) is 5.46. The molecule has 0 amide bonds. The molecule has 2 heterocycles. The number of fused-ring (bicyclic) bond motifs is 1. The lowest BCUT2D eigenvalue weighted by Crippen LogP contribution is -1.93. The van der Waals surface area contributed by atoms with E-state index in [0.29, 0.717) is 5.56 Å². The minimum Gasteiger partial charge on any atom is -0.399 e. The molecule has 0 aliphatic rings. The van der Waals surface area contributed by atoms with Gasteiger partial charge in [-0.3, -0.25) is 9.38 Å². The van der Waals surface area contributed by atoms with Crippen LogP contribution in [-0.2, 0) is 0 Å². The van der Waals surface area contributed by atoms with Gasteiger partial charge in [0.25, 0.3) is 0 Å². The summed E-state index contributed by atoms with van der Waals surface area (Å²) in [6, 6.07) is 17.2. The molecule has 0 aliphatic heterocycles. The van der Waals surface area contributed by atoms with Crippen LogP contribution in [0, 0.1) is 11.3 Å². The van der Waals surface area contributed by atoms with Gasteiger partial charge in [0.1, 0.15) is 0 Å². The second-order valence-corrected chi connectivity index (χ2v) is 5.46. The monoisotopic (exact) mass is 311 g/mol. The Hall–Kier alpha value is -3.65. The van der Waals surface area contributed by atoms with E-state index in [1.165, 1.54) is 0 Å². The molecule has 5 heteroatoms. The Labute approximate surface area is 138 Å². The lowest BCUT2D eigenvalue weighted by atomic mass is 10.1. The molecule has 0 bridgehead atoms. The van der Waals surface area contributed by atoms with Gasteiger partial charge in [0.05, 0.1) is 35.4 Å². The van der Waals surface area contributed by atoms with Gasteiger partial charge in [-0.1, -0.05) is 24.3 Å². The van der Waals surface area contributed by atoms with Crippen LogP contribution in [0.15, 0.2) is 67.1 Å². The maximum Gasteiger partial charge on any atom is 0.155 e. The topological polar surface area (TPSA) is 80.0 Å². The van der Waals surface area contributed by atoms with Gasteiger partial charge in [0, 0.05) is 23.0 Å². The van der Waals surface area contributed by atoms with Gasteiger partial charge in [-0.05, 0) is 24.3 Å². The average molecular weight is 311 g/mol. The van der Waals surface area contributed by atoms with Crippen molar-refractivity contribution in [2.45, 2.75) is 0 Å². The van der Waals surface area contributed by atoms with Crippen LogP contribution in [-0.4, -0.2) is 14.4 Å². The summed E-state index contributed by atoms with van der Waals surface area (Å²) in [4.78, 5) is 8.87. The highest BCUT2D eigenvalue weighted by molar-refractivity contribution is 5.67. The van der Waals surface area contributed by atoms with Crippen molar-refractivity contribution in [1.29, 1.82) is 5.26 Å². The third-order valence-electron chi connectivity index (χ3n) is 3.91. The highest BCUT2D eigenvalue weighted by atomic mass is 15.0. The first-order valence-corrected chi connectivity index (χ1v) is 7.44. The van der Waals surface area contributed by atoms with Crippen LogP contribution in [0.1, 0.15) is 5.56 Å². The first-order valence-electron chi connectivity index (χ1n) is 7.44. The SMILES string of the molecule is N#Cc1ccc(-c2cn3c(-c4ccc(N)cc4)cnc3cn2)cc1. The van der Waals surface area contributed by atoms with E-state index in [0.717, 1.165) is 33.8 Å². The van der Waals surface area contributed by atoms with E-state index in [2.05, 4.69) is 16.0 Å². The average Bonchev–Trinajstić information content (AvgIpc) is 3.05. The van der Waals surface area contributed by atoms with Crippen LogP contribution in [0.25, 0.3) is 28.2 Å². The largest absolute Gasteiger partial charge is 0.399 e. The fourth-order valence-electron chi connectivity index (χ4n) is 2.62. The molecule has 0 atom stereocenters. The molecule has 4 rings (SSSR count). The zero-order chi connectivity index (χ0) is 16.5. The molecular formula is C19H13N5. The number of nitrogen functional groups attached to an aromatic ring is 1. The number of nitrogens with two attached hydrogens (primary N) is 1. The highest BCUT2D eigenvalue weighted by Gasteiger charge is 2.08. The summed E-state index contributed by atoms with van der Waals surface area (Å²) in [5.41, 5.74) is 11.7. The normalized spacial score (nSPS) is 10.6. The third-order valence-corrected chi connectivity index (χ3v) is 3.91. The molecule has 2 aromatic carbocycles. The molecule has 2 N–H and O–H groups in total. The van der Waals surface area contributed by atoms with Crippen LogP contribution in [0.4, 0.5) is 5.69 Å². The van der Waals surface area contributed by atoms with E-state index in [9.17, 15) is 0 Å². The lowest BCUT2D eigenvalue weighted by Gasteiger charge is -2.05. The molecule has 0 aliphatic carbocycles.